The molecule has 0 saturated heterocycles. The first kappa shape index (κ1) is 14.5. The lowest BCUT2D eigenvalue weighted by Crippen LogP contribution is -2.26. The number of ether oxygens (including phenoxy) is 2. The highest BCUT2D eigenvalue weighted by molar-refractivity contribution is 9.10. The molecule has 1 N–H and O–H groups in total. The van der Waals surface area contributed by atoms with Crippen molar-refractivity contribution in [3.05, 3.63) is 28.2 Å². The molecule has 0 heterocycles. The van der Waals surface area contributed by atoms with Gasteiger partial charge in [0, 0.05) is 0 Å². The van der Waals surface area contributed by atoms with E-state index < -0.39 is 18.0 Å². The van der Waals surface area contributed by atoms with E-state index in [0.717, 1.165) is 0 Å². The lowest BCUT2D eigenvalue weighted by atomic mass is 10.2. The summed E-state index contributed by atoms with van der Waals surface area (Å²) in [5.74, 6) is -1.10. The van der Waals surface area contributed by atoms with Crippen molar-refractivity contribution in [1.29, 1.82) is 0 Å². The summed E-state index contributed by atoms with van der Waals surface area (Å²) in [6, 6.07) is 4.30. The van der Waals surface area contributed by atoms with Crippen molar-refractivity contribution in [3.8, 4) is 5.75 Å². The second-order valence-corrected chi connectivity index (χ2v) is 4.32. The Labute approximate surface area is 113 Å². The van der Waals surface area contributed by atoms with Gasteiger partial charge in [0.2, 0.25) is 0 Å². The highest BCUT2D eigenvalue weighted by atomic mass is 79.9. The smallest absolute Gasteiger partial charge is 0.347 e. The highest BCUT2D eigenvalue weighted by Gasteiger charge is 2.17. The van der Waals surface area contributed by atoms with Gasteiger partial charge in [0.1, 0.15) is 5.75 Å². The van der Waals surface area contributed by atoms with Crippen LogP contribution in [0.5, 0.6) is 5.75 Å². The van der Waals surface area contributed by atoms with E-state index in [1.165, 1.54) is 18.2 Å². The van der Waals surface area contributed by atoms with Crippen LogP contribution in [0.15, 0.2) is 22.7 Å². The Balaban J connectivity index is 2.79. The van der Waals surface area contributed by atoms with Crippen LogP contribution in [0.25, 0.3) is 0 Å². The van der Waals surface area contributed by atoms with E-state index >= 15 is 0 Å². The van der Waals surface area contributed by atoms with Crippen LogP contribution in [0.1, 0.15) is 24.2 Å². The molecule has 98 valence electrons. The molecule has 0 radical (unpaired) electrons. The molecule has 0 aliphatic rings. The van der Waals surface area contributed by atoms with E-state index in [4.69, 9.17) is 14.6 Å². The number of carbonyl (C=O) groups excluding carboxylic acids is 1. The molecule has 0 aliphatic carbocycles. The number of carboxylic acid groups (broad SMARTS) is 1. The van der Waals surface area contributed by atoms with Gasteiger partial charge < -0.3 is 14.6 Å². The number of rotatable bonds is 5. The molecular formula is C12H13BrO5. The molecule has 18 heavy (non-hydrogen) atoms. The van der Waals surface area contributed by atoms with Crippen molar-refractivity contribution in [2.45, 2.75) is 20.0 Å². The maximum Gasteiger partial charge on any atom is 0.347 e. The summed E-state index contributed by atoms with van der Waals surface area (Å²) in [7, 11) is 0. The number of carboxylic acids is 1. The number of benzene rings is 1. The van der Waals surface area contributed by atoms with E-state index in [1.54, 1.807) is 13.8 Å². The summed E-state index contributed by atoms with van der Waals surface area (Å²) >= 11 is 3.19. The van der Waals surface area contributed by atoms with Crippen LogP contribution >= 0.6 is 15.9 Å². The summed E-state index contributed by atoms with van der Waals surface area (Å²) in [5, 5.41) is 8.80. The Morgan fingerprint density at radius 1 is 1.44 bits per heavy atom. The normalized spacial score (nSPS) is 11.7. The van der Waals surface area contributed by atoms with Gasteiger partial charge in [0.25, 0.3) is 0 Å². The van der Waals surface area contributed by atoms with Gasteiger partial charge in [-0.25, -0.2) is 9.59 Å². The SMILES string of the molecule is CCOC(=O)C(C)Oc1ccc(C(=O)O)cc1Br. The molecule has 0 amide bonds. The molecule has 0 aliphatic heterocycles. The number of hydrogen-bond donors (Lipinski definition) is 1. The predicted octanol–water partition coefficient (Wildman–Crippen LogP) is 2.48. The largest absolute Gasteiger partial charge is 0.478 e. The van der Waals surface area contributed by atoms with Crippen LogP contribution in [-0.2, 0) is 9.53 Å². The Kier molecular flexibility index (Phi) is 5.15. The summed E-state index contributed by atoms with van der Waals surface area (Å²) in [5.41, 5.74) is 0.137. The predicted molar refractivity (Wildman–Crippen MR) is 67.8 cm³/mol. The van der Waals surface area contributed by atoms with Gasteiger partial charge in [-0.3, -0.25) is 0 Å². The van der Waals surface area contributed by atoms with Crippen LogP contribution in [0.2, 0.25) is 0 Å². The first-order valence-electron chi connectivity index (χ1n) is 5.31. The summed E-state index contributed by atoms with van der Waals surface area (Å²) in [4.78, 5) is 22.1. The monoisotopic (exact) mass is 316 g/mol. The zero-order valence-electron chi connectivity index (χ0n) is 9.97. The minimum absolute atomic E-state index is 0.137. The van der Waals surface area contributed by atoms with Crippen LogP contribution in [-0.4, -0.2) is 29.8 Å². The van der Waals surface area contributed by atoms with E-state index in [0.29, 0.717) is 10.2 Å². The summed E-state index contributed by atoms with van der Waals surface area (Å²) in [6.07, 6.45) is -0.753. The first-order chi connectivity index (χ1) is 8.45. The second kappa shape index (κ2) is 6.39. The summed E-state index contributed by atoms with van der Waals surface area (Å²) in [6.45, 7) is 3.56. The van der Waals surface area contributed by atoms with Crippen LogP contribution in [0.4, 0.5) is 0 Å². The number of esters is 1. The molecule has 1 aromatic carbocycles. The van der Waals surface area contributed by atoms with Gasteiger partial charge in [-0.15, -0.1) is 0 Å². The van der Waals surface area contributed by atoms with E-state index in [-0.39, 0.29) is 12.2 Å². The number of hydrogen-bond acceptors (Lipinski definition) is 4. The Morgan fingerprint density at radius 3 is 2.61 bits per heavy atom. The molecule has 5 nitrogen and oxygen atoms in total. The van der Waals surface area contributed by atoms with E-state index in [1.807, 2.05) is 0 Å². The fourth-order valence-electron chi connectivity index (χ4n) is 1.23. The third-order valence-electron chi connectivity index (χ3n) is 2.10. The van der Waals surface area contributed by atoms with Gasteiger partial charge in [0.05, 0.1) is 16.6 Å². The maximum absolute atomic E-state index is 11.4. The van der Waals surface area contributed by atoms with E-state index in [2.05, 4.69) is 15.9 Å². The molecule has 0 saturated carbocycles. The zero-order chi connectivity index (χ0) is 13.7. The molecule has 0 aromatic heterocycles. The molecule has 1 atom stereocenters. The van der Waals surface area contributed by atoms with Crippen LogP contribution in [0, 0.1) is 0 Å². The fraction of sp³-hybridized carbons (Fsp3) is 0.333. The standard InChI is InChI=1S/C12H13BrO5/c1-3-17-12(16)7(2)18-10-5-4-8(11(14)15)6-9(10)13/h4-7H,3H2,1-2H3,(H,14,15). The molecule has 0 fully saturated rings. The fourth-order valence-corrected chi connectivity index (χ4v) is 1.70. The number of aromatic carboxylic acids is 1. The molecule has 0 bridgehead atoms. The van der Waals surface area contributed by atoms with Gasteiger partial charge in [-0.1, -0.05) is 0 Å². The molecule has 1 unspecified atom stereocenters. The topological polar surface area (TPSA) is 72.8 Å². The molecular weight excluding hydrogens is 304 g/mol. The maximum atomic E-state index is 11.4. The van der Waals surface area contributed by atoms with Gasteiger partial charge >= 0.3 is 11.9 Å². The Hall–Kier alpha value is -1.56. The minimum atomic E-state index is -1.03. The van der Waals surface area contributed by atoms with Crippen molar-refractivity contribution < 1.29 is 24.2 Å². The first-order valence-corrected chi connectivity index (χ1v) is 6.11. The van der Waals surface area contributed by atoms with Gasteiger partial charge in [0.15, 0.2) is 6.10 Å². The molecule has 0 spiro atoms. The Morgan fingerprint density at radius 2 is 2.11 bits per heavy atom. The lowest BCUT2D eigenvalue weighted by Gasteiger charge is -2.14. The van der Waals surface area contributed by atoms with E-state index in [9.17, 15) is 9.59 Å². The van der Waals surface area contributed by atoms with Gasteiger partial charge in [-0.2, -0.15) is 0 Å². The van der Waals surface area contributed by atoms with Crippen molar-refractivity contribution in [1.82, 2.24) is 0 Å². The van der Waals surface area contributed by atoms with Crippen molar-refractivity contribution in [2.24, 2.45) is 0 Å². The van der Waals surface area contributed by atoms with Crippen LogP contribution in [0.3, 0.4) is 0 Å². The zero-order valence-corrected chi connectivity index (χ0v) is 11.6. The molecule has 1 aromatic rings. The number of carbonyl (C=O) groups is 2. The van der Waals surface area contributed by atoms with Gasteiger partial charge in [-0.05, 0) is 48.0 Å². The molecule has 1 rings (SSSR count). The third kappa shape index (κ3) is 3.73. The Bertz CT molecular complexity index is 458. The second-order valence-electron chi connectivity index (χ2n) is 3.46. The van der Waals surface area contributed by atoms with Crippen molar-refractivity contribution in [2.75, 3.05) is 6.61 Å². The van der Waals surface area contributed by atoms with Crippen LogP contribution < -0.4 is 4.74 Å². The third-order valence-corrected chi connectivity index (χ3v) is 2.72. The van der Waals surface area contributed by atoms with Crippen molar-refractivity contribution in [3.63, 3.8) is 0 Å². The quantitative estimate of drug-likeness (QED) is 0.845. The van der Waals surface area contributed by atoms with Crippen molar-refractivity contribution >= 4 is 27.9 Å². The average molecular weight is 317 g/mol. The average Bonchev–Trinajstić information content (AvgIpc) is 2.31. The number of halogens is 1. The highest BCUT2D eigenvalue weighted by Crippen LogP contribution is 2.27. The lowest BCUT2D eigenvalue weighted by molar-refractivity contribution is -0.150. The minimum Gasteiger partial charge on any atom is -0.478 e. The summed E-state index contributed by atoms with van der Waals surface area (Å²) < 4.78 is 10.7. The molecule has 6 heteroatoms.